The molecule has 1 heterocycles. The topological polar surface area (TPSA) is 82.2 Å². The molecule has 1 aromatic heterocycles. The molecule has 0 atom stereocenters. The molecule has 0 bridgehead atoms. The van der Waals surface area contributed by atoms with E-state index in [0.717, 1.165) is 31.4 Å². The van der Waals surface area contributed by atoms with Crippen molar-refractivity contribution in [1.29, 1.82) is 0 Å². The summed E-state index contributed by atoms with van der Waals surface area (Å²) < 4.78 is 6.76. The van der Waals surface area contributed by atoms with Crippen molar-refractivity contribution in [2.75, 3.05) is 25.6 Å². The molecule has 1 aliphatic rings. The van der Waals surface area contributed by atoms with Gasteiger partial charge in [0.25, 0.3) is 0 Å². The predicted octanol–water partition coefficient (Wildman–Crippen LogP) is 1.38. The molecular formula is C14H24N4O2. The maximum Gasteiger partial charge on any atom is 0.231 e. The lowest BCUT2D eigenvalue weighted by molar-refractivity contribution is -0.126. The van der Waals surface area contributed by atoms with Crippen LogP contribution in [0.3, 0.4) is 0 Å². The maximum absolute atomic E-state index is 12.5. The van der Waals surface area contributed by atoms with Crippen LogP contribution in [-0.4, -0.2) is 35.9 Å². The number of amides is 1. The molecule has 1 aromatic rings. The SMILES string of the molecule is COCCn1cc(NC(=O)C2(CN)CCCCC2)cn1. The van der Waals surface area contributed by atoms with E-state index in [1.54, 1.807) is 18.0 Å². The summed E-state index contributed by atoms with van der Waals surface area (Å²) in [5.41, 5.74) is 6.20. The first-order chi connectivity index (χ1) is 9.70. The van der Waals surface area contributed by atoms with E-state index in [1.165, 1.54) is 6.42 Å². The van der Waals surface area contributed by atoms with Crippen molar-refractivity contribution in [3.63, 3.8) is 0 Å². The quantitative estimate of drug-likeness (QED) is 0.824. The Balaban J connectivity index is 1.97. The van der Waals surface area contributed by atoms with Crippen LogP contribution in [0.4, 0.5) is 5.69 Å². The fraction of sp³-hybridized carbons (Fsp3) is 0.714. The first-order valence-electron chi connectivity index (χ1n) is 7.23. The smallest absolute Gasteiger partial charge is 0.231 e. The van der Waals surface area contributed by atoms with Gasteiger partial charge in [0.1, 0.15) is 0 Å². The summed E-state index contributed by atoms with van der Waals surface area (Å²) in [5, 5.41) is 7.15. The summed E-state index contributed by atoms with van der Waals surface area (Å²) in [6.07, 6.45) is 8.62. The van der Waals surface area contributed by atoms with Crippen LogP contribution in [0.15, 0.2) is 12.4 Å². The van der Waals surface area contributed by atoms with Gasteiger partial charge in [0.05, 0.1) is 30.5 Å². The van der Waals surface area contributed by atoms with Crippen molar-refractivity contribution in [1.82, 2.24) is 9.78 Å². The number of carbonyl (C=O) groups excluding carboxylic acids is 1. The van der Waals surface area contributed by atoms with E-state index in [4.69, 9.17) is 10.5 Å². The lowest BCUT2D eigenvalue weighted by atomic mass is 9.73. The average molecular weight is 280 g/mol. The third kappa shape index (κ3) is 3.37. The van der Waals surface area contributed by atoms with Gasteiger partial charge in [0.2, 0.25) is 5.91 Å². The number of nitrogens with zero attached hydrogens (tertiary/aromatic N) is 2. The minimum Gasteiger partial charge on any atom is -0.383 e. The van der Waals surface area contributed by atoms with E-state index in [-0.39, 0.29) is 5.91 Å². The predicted molar refractivity (Wildman–Crippen MR) is 77.3 cm³/mol. The minimum absolute atomic E-state index is 0.0333. The number of carbonyl (C=O) groups is 1. The Morgan fingerprint density at radius 2 is 2.25 bits per heavy atom. The number of aromatic nitrogens is 2. The van der Waals surface area contributed by atoms with Gasteiger partial charge in [-0.25, -0.2) is 0 Å². The molecule has 0 radical (unpaired) electrons. The van der Waals surface area contributed by atoms with E-state index in [0.29, 0.717) is 19.7 Å². The first-order valence-corrected chi connectivity index (χ1v) is 7.23. The molecule has 1 amide bonds. The number of anilines is 1. The lowest BCUT2D eigenvalue weighted by Gasteiger charge is -2.34. The standard InChI is InChI=1S/C14H24N4O2/c1-20-8-7-18-10-12(9-16-18)17-13(19)14(11-15)5-3-2-4-6-14/h9-10H,2-8,11,15H2,1H3,(H,17,19). The third-order valence-electron chi connectivity index (χ3n) is 4.10. The van der Waals surface area contributed by atoms with Crippen molar-refractivity contribution in [3.05, 3.63) is 12.4 Å². The summed E-state index contributed by atoms with van der Waals surface area (Å²) in [6, 6.07) is 0. The van der Waals surface area contributed by atoms with E-state index in [1.807, 2.05) is 6.20 Å². The lowest BCUT2D eigenvalue weighted by Crippen LogP contribution is -2.43. The second-order valence-corrected chi connectivity index (χ2v) is 5.48. The highest BCUT2D eigenvalue weighted by Gasteiger charge is 2.38. The summed E-state index contributed by atoms with van der Waals surface area (Å²) >= 11 is 0. The number of nitrogens with one attached hydrogen (secondary N) is 1. The number of ether oxygens (including phenoxy) is 1. The van der Waals surface area contributed by atoms with Crippen LogP contribution in [0.5, 0.6) is 0 Å². The van der Waals surface area contributed by atoms with Crippen molar-refractivity contribution >= 4 is 11.6 Å². The van der Waals surface area contributed by atoms with Gasteiger partial charge in [0, 0.05) is 19.9 Å². The zero-order valence-electron chi connectivity index (χ0n) is 12.1. The minimum atomic E-state index is -0.396. The molecule has 0 saturated heterocycles. The van der Waals surface area contributed by atoms with Crippen LogP contribution < -0.4 is 11.1 Å². The van der Waals surface area contributed by atoms with E-state index in [9.17, 15) is 4.79 Å². The summed E-state index contributed by atoms with van der Waals surface area (Å²) in [5.74, 6) is 0.0333. The number of nitrogens with two attached hydrogens (primary N) is 1. The fourth-order valence-electron chi connectivity index (χ4n) is 2.75. The number of hydrogen-bond donors (Lipinski definition) is 2. The van der Waals surface area contributed by atoms with Crippen LogP contribution >= 0.6 is 0 Å². The van der Waals surface area contributed by atoms with Gasteiger partial charge in [-0.15, -0.1) is 0 Å². The molecule has 0 unspecified atom stereocenters. The van der Waals surface area contributed by atoms with Crippen LogP contribution in [0.25, 0.3) is 0 Å². The Bertz CT molecular complexity index is 438. The summed E-state index contributed by atoms with van der Waals surface area (Å²) in [7, 11) is 1.65. The third-order valence-corrected chi connectivity index (χ3v) is 4.10. The van der Waals surface area contributed by atoms with E-state index >= 15 is 0 Å². The van der Waals surface area contributed by atoms with Gasteiger partial charge in [-0.1, -0.05) is 19.3 Å². The van der Waals surface area contributed by atoms with E-state index < -0.39 is 5.41 Å². The highest BCUT2D eigenvalue weighted by molar-refractivity contribution is 5.95. The Labute approximate surface area is 119 Å². The highest BCUT2D eigenvalue weighted by Crippen LogP contribution is 2.36. The second-order valence-electron chi connectivity index (χ2n) is 5.48. The maximum atomic E-state index is 12.5. The van der Waals surface area contributed by atoms with Crippen LogP contribution in [0, 0.1) is 5.41 Å². The summed E-state index contributed by atoms with van der Waals surface area (Å²) in [4.78, 5) is 12.5. The molecule has 6 nitrogen and oxygen atoms in total. The van der Waals surface area contributed by atoms with Crippen LogP contribution in [0.1, 0.15) is 32.1 Å². The number of hydrogen-bond acceptors (Lipinski definition) is 4. The zero-order chi connectivity index (χ0) is 14.4. The Morgan fingerprint density at radius 3 is 2.90 bits per heavy atom. The largest absolute Gasteiger partial charge is 0.383 e. The Morgan fingerprint density at radius 1 is 1.50 bits per heavy atom. The molecule has 0 aliphatic heterocycles. The molecule has 112 valence electrons. The number of methoxy groups -OCH3 is 1. The molecule has 6 heteroatoms. The van der Waals surface area contributed by atoms with Gasteiger partial charge < -0.3 is 15.8 Å². The molecule has 2 rings (SSSR count). The Kier molecular flexibility index (Phi) is 5.14. The molecular weight excluding hydrogens is 256 g/mol. The van der Waals surface area contributed by atoms with Crippen LogP contribution in [0.2, 0.25) is 0 Å². The van der Waals surface area contributed by atoms with Crippen molar-refractivity contribution in [2.45, 2.75) is 38.6 Å². The monoisotopic (exact) mass is 280 g/mol. The zero-order valence-corrected chi connectivity index (χ0v) is 12.1. The van der Waals surface area contributed by atoms with Gasteiger partial charge in [-0.3, -0.25) is 9.48 Å². The average Bonchev–Trinajstić information content (AvgIpc) is 2.93. The Hall–Kier alpha value is -1.40. The van der Waals surface area contributed by atoms with Crippen molar-refractivity contribution in [2.24, 2.45) is 11.1 Å². The highest BCUT2D eigenvalue weighted by atomic mass is 16.5. The summed E-state index contributed by atoms with van der Waals surface area (Å²) in [6.45, 7) is 1.69. The number of rotatable bonds is 6. The molecule has 0 aromatic carbocycles. The second kappa shape index (κ2) is 6.85. The fourth-order valence-corrected chi connectivity index (χ4v) is 2.75. The van der Waals surface area contributed by atoms with E-state index in [2.05, 4.69) is 10.4 Å². The van der Waals surface area contributed by atoms with Gasteiger partial charge >= 0.3 is 0 Å². The molecule has 1 aliphatic carbocycles. The van der Waals surface area contributed by atoms with Gasteiger partial charge in [-0.2, -0.15) is 5.10 Å². The molecule has 1 fully saturated rings. The first kappa shape index (κ1) is 15.0. The molecule has 0 spiro atoms. The molecule has 3 N–H and O–H groups in total. The van der Waals surface area contributed by atoms with Gasteiger partial charge in [0.15, 0.2) is 0 Å². The van der Waals surface area contributed by atoms with Crippen LogP contribution in [-0.2, 0) is 16.1 Å². The normalized spacial score (nSPS) is 17.9. The van der Waals surface area contributed by atoms with Gasteiger partial charge in [-0.05, 0) is 12.8 Å². The molecule has 20 heavy (non-hydrogen) atoms. The van der Waals surface area contributed by atoms with Crippen molar-refractivity contribution in [3.8, 4) is 0 Å². The molecule has 1 saturated carbocycles. The van der Waals surface area contributed by atoms with Crippen molar-refractivity contribution < 1.29 is 9.53 Å².